The molecule has 0 saturated heterocycles. The van der Waals surface area contributed by atoms with Gasteiger partial charge >= 0.3 is 0 Å². The SMILES string of the molecule is [CH2-]C(C)(C)CN(C)C.[CH2-]C(C)(C)CN(C)C.[Zn]. The Morgan fingerprint density at radius 3 is 0.882 bits per heavy atom. The first kappa shape index (κ1) is 22.7. The van der Waals surface area contributed by atoms with E-state index in [-0.39, 0.29) is 30.3 Å². The van der Waals surface area contributed by atoms with Crippen LogP contribution in [0.15, 0.2) is 0 Å². The Bertz CT molecular complexity index is 144. The Hall–Kier alpha value is 0.543. The molecule has 0 aromatic heterocycles. The van der Waals surface area contributed by atoms with Crippen molar-refractivity contribution in [3.05, 3.63) is 13.8 Å². The molecular formula is C14H32N2Zn-2. The molecule has 0 amide bonds. The molecule has 0 aromatic rings. The van der Waals surface area contributed by atoms with Crippen LogP contribution >= 0.6 is 0 Å². The minimum atomic E-state index is 0. The van der Waals surface area contributed by atoms with Gasteiger partial charge in [-0.25, -0.2) is 0 Å². The average Bonchev–Trinajstić information content (AvgIpc) is 1.72. The van der Waals surface area contributed by atoms with Gasteiger partial charge in [0.1, 0.15) is 0 Å². The van der Waals surface area contributed by atoms with Crippen molar-refractivity contribution in [2.45, 2.75) is 27.7 Å². The van der Waals surface area contributed by atoms with Gasteiger partial charge < -0.3 is 23.6 Å². The van der Waals surface area contributed by atoms with Crippen molar-refractivity contribution >= 4 is 0 Å². The first-order valence-corrected chi connectivity index (χ1v) is 5.84. The minimum absolute atomic E-state index is 0. The number of hydrogen-bond donors (Lipinski definition) is 0. The van der Waals surface area contributed by atoms with Crippen LogP contribution in [0.4, 0.5) is 0 Å². The summed E-state index contributed by atoms with van der Waals surface area (Å²) in [6, 6.07) is 0. The normalized spacial score (nSPS) is 12.0. The van der Waals surface area contributed by atoms with E-state index in [0.29, 0.717) is 0 Å². The standard InChI is InChI=1S/2C7H16N.Zn/c2*1-7(2,3)6-8(4)5;/h2*1,6H2,2-5H3;/q2*-1;. The van der Waals surface area contributed by atoms with Crippen LogP contribution in [0.2, 0.25) is 0 Å². The molecule has 0 bridgehead atoms. The van der Waals surface area contributed by atoms with E-state index in [1.807, 2.05) is 0 Å². The molecule has 0 saturated carbocycles. The zero-order valence-corrected chi connectivity index (χ0v) is 16.4. The molecule has 102 valence electrons. The summed E-state index contributed by atoms with van der Waals surface area (Å²) < 4.78 is 0. The van der Waals surface area contributed by atoms with Gasteiger partial charge in [-0.2, -0.15) is 10.8 Å². The Morgan fingerprint density at radius 1 is 0.706 bits per heavy atom. The average molecular weight is 294 g/mol. The third-order valence-corrected chi connectivity index (χ3v) is 1.49. The van der Waals surface area contributed by atoms with Crippen molar-refractivity contribution in [1.82, 2.24) is 9.80 Å². The van der Waals surface area contributed by atoms with Gasteiger partial charge in [0, 0.05) is 19.5 Å². The smallest absolute Gasteiger partial charge is 0 e. The molecule has 3 heteroatoms. The first-order valence-electron chi connectivity index (χ1n) is 5.84. The molecule has 0 aliphatic heterocycles. The summed E-state index contributed by atoms with van der Waals surface area (Å²) in [5, 5.41) is 0. The number of rotatable bonds is 4. The summed E-state index contributed by atoms with van der Waals surface area (Å²) in [4.78, 5) is 4.29. The number of nitrogens with zero attached hydrogens (tertiary/aromatic N) is 2. The summed E-state index contributed by atoms with van der Waals surface area (Å²) >= 11 is 0. The fraction of sp³-hybridized carbons (Fsp3) is 0.857. The van der Waals surface area contributed by atoms with Gasteiger partial charge in [-0.1, -0.05) is 27.7 Å². The van der Waals surface area contributed by atoms with Gasteiger partial charge in [0.15, 0.2) is 0 Å². The fourth-order valence-electron chi connectivity index (χ4n) is 1.71. The van der Waals surface area contributed by atoms with Crippen LogP contribution in [0.5, 0.6) is 0 Å². The molecule has 2 nitrogen and oxygen atoms in total. The van der Waals surface area contributed by atoms with Crippen LogP contribution in [0.3, 0.4) is 0 Å². The van der Waals surface area contributed by atoms with E-state index in [1.54, 1.807) is 0 Å². The topological polar surface area (TPSA) is 6.48 Å². The molecule has 0 radical (unpaired) electrons. The van der Waals surface area contributed by atoms with Crippen molar-refractivity contribution in [2.75, 3.05) is 41.3 Å². The molecule has 0 aliphatic carbocycles. The molecule has 0 spiro atoms. The second kappa shape index (κ2) is 9.47. The summed E-state index contributed by atoms with van der Waals surface area (Å²) in [7, 11) is 8.25. The van der Waals surface area contributed by atoms with E-state index in [9.17, 15) is 0 Å². The van der Waals surface area contributed by atoms with Gasteiger partial charge in [0.25, 0.3) is 0 Å². The quantitative estimate of drug-likeness (QED) is 0.581. The van der Waals surface area contributed by atoms with Crippen molar-refractivity contribution in [3.63, 3.8) is 0 Å². The first-order chi connectivity index (χ1) is 6.83. The van der Waals surface area contributed by atoms with Crippen LogP contribution in [-0.4, -0.2) is 51.1 Å². The molecule has 0 rings (SSSR count). The van der Waals surface area contributed by atoms with Crippen LogP contribution < -0.4 is 0 Å². The summed E-state index contributed by atoms with van der Waals surface area (Å²) in [6.07, 6.45) is 0. The molecule has 0 aliphatic rings. The maximum Gasteiger partial charge on any atom is 0 e. The molecule has 0 N–H and O–H groups in total. The third kappa shape index (κ3) is 31.5. The van der Waals surface area contributed by atoms with Gasteiger partial charge in [-0.3, -0.25) is 0 Å². The van der Waals surface area contributed by atoms with Crippen LogP contribution in [-0.2, 0) is 19.5 Å². The second-order valence-corrected chi connectivity index (χ2v) is 6.80. The van der Waals surface area contributed by atoms with E-state index in [0.717, 1.165) is 13.1 Å². The zero-order chi connectivity index (χ0) is 13.6. The Labute approximate surface area is 123 Å². The van der Waals surface area contributed by atoms with Gasteiger partial charge in [0.05, 0.1) is 0 Å². The maximum atomic E-state index is 3.97. The molecule has 0 heterocycles. The van der Waals surface area contributed by atoms with E-state index in [2.05, 4.69) is 79.5 Å². The van der Waals surface area contributed by atoms with Gasteiger partial charge in [-0.05, 0) is 41.3 Å². The molecule has 0 unspecified atom stereocenters. The van der Waals surface area contributed by atoms with Crippen molar-refractivity contribution in [3.8, 4) is 0 Å². The Morgan fingerprint density at radius 2 is 0.882 bits per heavy atom. The van der Waals surface area contributed by atoms with Gasteiger partial charge in [-0.15, -0.1) is 0 Å². The molecule has 0 atom stereocenters. The predicted molar refractivity (Wildman–Crippen MR) is 75.4 cm³/mol. The summed E-state index contributed by atoms with van der Waals surface area (Å²) in [5.41, 5.74) is 0.396. The van der Waals surface area contributed by atoms with Crippen molar-refractivity contribution < 1.29 is 19.5 Å². The van der Waals surface area contributed by atoms with E-state index in [4.69, 9.17) is 0 Å². The number of hydrogen-bond acceptors (Lipinski definition) is 2. The Kier molecular flexibility index (Phi) is 12.6. The largest absolute Gasteiger partial charge is 0.337 e. The van der Waals surface area contributed by atoms with Gasteiger partial charge in [0.2, 0.25) is 0 Å². The minimum Gasteiger partial charge on any atom is -0.337 e. The van der Waals surface area contributed by atoms with E-state index in [1.165, 1.54) is 0 Å². The fourth-order valence-corrected chi connectivity index (χ4v) is 1.71. The molecular weight excluding hydrogens is 262 g/mol. The summed E-state index contributed by atoms with van der Waals surface area (Å²) in [6.45, 7) is 18.6. The van der Waals surface area contributed by atoms with E-state index >= 15 is 0 Å². The van der Waals surface area contributed by atoms with Crippen LogP contribution in [0.25, 0.3) is 0 Å². The molecule has 0 aromatic carbocycles. The zero-order valence-electron chi connectivity index (χ0n) is 13.4. The second-order valence-electron chi connectivity index (χ2n) is 6.80. The molecule has 0 fully saturated rings. The predicted octanol–water partition coefficient (Wildman–Crippen LogP) is 2.81. The van der Waals surface area contributed by atoms with Crippen molar-refractivity contribution in [1.29, 1.82) is 0 Å². The van der Waals surface area contributed by atoms with Crippen molar-refractivity contribution in [2.24, 2.45) is 10.8 Å². The summed E-state index contributed by atoms with van der Waals surface area (Å²) in [5.74, 6) is 0. The van der Waals surface area contributed by atoms with E-state index < -0.39 is 0 Å². The maximum absolute atomic E-state index is 3.97. The molecule has 17 heavy (non-hydrogen) atoms. The van der Waals surface area contributed by atoms with Crippen LogP contribution in [0.1, 0.15) is 27.7 Å². The van der Waals surface area contributed by atoms with Crippen LogP contribution in [0, 0.1) is 24.7 Å². The monoisotopic (exact) mass is 292 g/mol. The third-order valence-electron chi connectivity index (χ3n) is 1.49. The Balaban J connectivity index is -0.000000218.